The Morgan fingerprint density at radius 1 is 1.25 bits per heavy atom. The minimum Gasteiger partial charge on any atom is -0.464 e. The molecule has 4 heteroatoms. The number of fused-ring (bicyclic) bond motifs is 1. The Kier molecular flexibility index (Phi) is 4.95. The third-order valence-electron chi connectivity index (χ3n) is 5.56. The van der Waals surface area contributed by atoms with Gasteiger partial charge in [-0.2, -0.15) is 0 Å². The molecular weight excluding hydrogens is 300 g/mol. The van der Waals surface area contributed by atoms with Crippen molar-refractivity contribution in [3.8, 4) is 0 Å². The highest BCUT2D eigenvalue weighted by atomic mass is 16.3. The first kappa shape index (κ1) is 17.0. The number of nitrogens with zero attached hydrogens (tertiary/aromatic N) is 2. The maximum absolute atomic E-state index is 12.7. The molecule has 24 heavy (non-hydrogen) atoms. The summed E-state index contributed by atoms with van der Waals surface area (Å²) in [4.78, 5) is 17.1. The van der Waals surface area contributed by atoms with Crippen LogP contribution in [0.5, 0.6) is 0 Å². The van der Waals surface area contributed by atoms with Crippen molar-refractivity contribution in [2.24, 2.45) is 0 Å². The predicted octanol–water partition coefficient (Wildman–Crippen LogP) is 3.53. The normalized spacial score (nSPS) is 16.7. The highest BCUT2D eigenvalue weighted by molar-refractivity contribution is 5.88. The quantitative estimate of drug-likeness (QED) is 0.861. The number of piperidine rings is 1. The molecule has 1 amide bonds. The molecule has 0 radical (unpaired) electrons. The Bertz CT molecular complexity index is 727. The van der Waals surface area contributed by atoms with Crippen molar-refractivity contribution >= 4 is 16.9 Å². The van der Waals surface area contributed by atoms with Crippen molar-refractivity contribution in [3.63, 3.8) is 0 Å². The molecule has 0 N–H and O–H groups in total. The third-order valence-corrected chi connectivity index (χ3v) is 5.56. The van der Waals surface area contributed by atoms with E-state index in [0.717, 1.165) is 49.0 Å². The molecule has 0 saturated carbocycles. The molecule has 0 unspecified atom stereocenters. The summed E-state index contributed by atoms with van der Waals surface area (Å²) in [5, 5.41) is 1.07. The van der Waals surface area contributed by atoms with Crippen LogP contribution >= 0.6 is 0 Å². The average molecular weight is 328 g/mol. The monoisotopic (exact) mass is 328 g/mol. The van der Waals surface area contributed by atoms with Gasteiger partial charge >= 0.3 is 0 Å². The topological polar surface area (TPSA) is 36.7 Å². The van der Waals surface area contributed by atoms with E-state index in [1.54, 1.807) is 6.26 Å². The summed E-state index contributed by atoms with van der Waals surface area (Å²) < 4.78 is 5.66. The van der Waals surface area contributed by atoms with Gasteiger partial charge < -0.3 is 14.2 Å². The standard InChI is InChI=1S/C20H28N2O2/c1-5-22-8-6-17(7-9-22)21(4)20(23)12-16-13-24-19-11-15(3)14(2)10-18(16)19/h10-11,13,17H,5-9,12H2,1-4H3. The van der Waals surface area contributed by atoms with Crippen LogP contribution in [0.25, 0.3) is 11.0 Å². The molecule has 3 rings (SSSR count). The lowest BCUT2D eigenvalue weighted by atomic mass is 10.0. The molecule has 1 aromatic heterocycles. The fourth-order valence-corrected chi connectivity index (χ4v) is 3.59. The molecule has 2 heterocycles. The number of carbonyl (C=O) groups excluding carboxylic acids is 1. The van der Waals surface area contributed by atoms with Crippen LogP contribution < -0.4 is 0 Å². The van der Waals surface area contributed by atoms with Crippen LogP contribution in [0.1, 0.15) is 36.5 Å². The van der Waals surface area contributed by atoms with Crippen LogP contribution in [0, 0.1) is 13.8 Å². The molecular formula is C20H28N2O2. The number of rotatable bonds is 4. The Morgan fingerprint density at radius 2 is 1.92 bits per heavy atom. The number of amides is 1. The fraction of sp³-hybridized carbons (Fsp3) is 0.550. The zero-order valence-electron chi connectivity index (χ0n) is 15.3. The molecule has 130 valence electrons. The summed E-state index contributed by atoms with van der Waals surface area (Å²) in [6.45, 7) is 9.66. The number of carbonyl (C=O) groups is 1. The van der Waals surface area contributed by atoms with Crippen LogP contribution in [0.3, 0.4) is 0 Å². The van der Waals surface area contributed by atoms with E-state index in [4.69, 9.17) is 4.42 Å². The van der Waals surface area contributed by atoms with Crippen LogP contribution in [0.15, 0.2) is 22.8 Å². The summed E-state index contributed by atoms with van der Waals surface area (Å²) in [7, 11) is 1.95. The van der Waals surface area contributed by atoms with Gasteiger partial charge in [-0.05, 0) is 56.5 Å². The van der Waals surface area contributed by atoms with Crippen molar-refractivity contribution in [3.05, 3.63) is 35.1 Å². The lowest BCUT2D eigenvalue weighted by Gasteiger charge is -2.36. The number of likely N-dealkylation sites (tertiary alicyclic amines) is 1. The molecule has 1 saturated heterocycles. The Hall–Kier alpha value is -1.81. The third kappa shape index (κ3) is 3.34. The molecule has 1 aromatic carbocycles. The summed E-state index contributed by atoms with van der Waals surface area (Å²) in [6, 6.07) is 4.56. The number of hydrogen-bond donors (Lipinski definition) is 0. The van der Waals surface area contributed by atoms with Gasteiger partial charge in [0.1, 0.15) is 5.58 Å². The zero-order chi connectivity index (χ0) is 17.3. The van der Waals surface area contributed by atoms with Crippen molar-refractivity contribution in [1.29, 1.82) is 0 Å². The Balaban J connectivity index is 1.69. The van der Waals surface area contributed by atoms with Gasteiger partial charge in [-0.3, -0.25) is 4.79 Å². The first-order chi connectivity index (χ1) is 11.5. The van der Waals surface area contributed by atoms with Crippen molar-refractivity contribution in [2.45, 2.75) is 46.1 Å². The van der Waals surface area contributed by atoms with Gasteiger partial charge in [0.15, 0.2) is 0 Å². The maximum atomic E-state index is 12.7. The van der Waals surface area contributed by atoms with E-state index in [2.05, 4.69) is 37.8 Å². The van der Waals surface area contributed by atoms with Gasteiger partial charge in [0.25, 0.3) is 0 Å². The van der Waals surface area contributed by atoms with Crippen LogP contribution in [0.4, 0.5) is 0 Å². The number of benzene rings is 1. The summed E-state index contributed by atoms with van der Waals surface area (Å²) >= 11 is 0. The first-order valence-electron chi connectivity index (χ1n) is 8.95. The van der Waals surface area contributed by atoms with E-state index in [-0.39, 0.29) is 5.91 Å². The Morgan fingerprint density at radius 3 is 2.58 bits per heavy atom. The van der Waals surface area contributed by atoms with E-state index in [0.29, 0.717) is 12.5 Å². The molecule has 4 nitrogen and oxygen atoms in total. The van der Waals surface area contributed by atoms with E-state index in [1.165, 1.54) is 11.1 Å². The zero-order valence-corrected chi connectivity index (χ0v) is 15.3. The smallest absolute Gasteiger partial charge is 0.227 e. The van der Waals surface area contributed by atoms with Gasteiger partial charge in [-0.1, -0.05) is 6.92 Å². The van der Waals surface area contributed by atoms with Gasteiger partial charge in [-0.25, -0.2) is 0 Å². The molecule has 0 bridgehead atoms. The molecule has 2 aromatic rings. The van der Waals surface area contributed by atoms with Gasteiger partial charge in [-0.15, -0.1) is 0 Å². The van der Waals surface area contributed by atoms with Gasteiger partial charge in [0, 0.05) is 37.1 Å². The molecule has 0 spiro atoms. The summed E-state index contributed by atoms with van der Waals surface area (Å²) in [6.07, 6.45) is 4.30. The SMILES string of the molecule is CCN1CCC(N(C)C(=O)Cc2coc3cc(C)c(C)cc23)CC1. The summed E-state index contributed by atoms with van der Waals surface area (Å²) in [5.41, 5.74) is 4.32. The average Bonchev–Trinajstić information content (AvgIpc) is 2.96. The second-order valence-electron chi connectivity index (χ2n) is 7.04. The van der Waals surface area contributed by atoms with Crippen molar-refractivity contribution in [1.82, 2.24) is 9.80 Å². The van der Waals surface area contributed by atoms with E-state index < -0.39 is 0 Å². The molecule has 1 fully saturated rings. The molecule has 1 aliphatic rings. The molecule has 1 aliphatic heterocycles. The minimum absolute atomic E-state index is 0.186. The van der Waals surface area contributed by atoms with Crippen molar-refractivity contribution < 1.29 is 9.21 Å². The lowest BCUT2D eigenvalue weighted by Crippen LogP contribution is -2.45. The Labute approximate surface area is 144 Å². The fourth-order valence-electron chi connectivity index (χ4n) is 3.59. The number of likely N-dealkylation sites (N-methyl/N-ethyl adjacent to an activating group) is 1. The lowest BCUT2D eigenvalue weighted by molar-refractivity contribution is -0.132. The molecule has 0 aliphatic carbocycles. The second-order valence-corrected chi connectivity index (χ2v) is 7.04. The maximum Gasteiger partial charge on any atom is 0.227 e. The first-order valence-corrected chi connectivity index (χ1v) is 8.95. The largest absolute Gasteiger partial charge is 0.464 e. The van der Waals surface area contributed by atoms with E-state index in [9.17, 15) is 4.79 Å². The van der Waals surface area contributed by atoms with Crippen LogP contribution in [-0.2, 0) is 11.2 Å². The predicted molar refractivity (Wildman–Crippen MR) is 97.3 cm³/mol. The highest BCUT2D eigenvalue weighted by Crippen LogP contribution is 2.26. The minimum atomic E-state index is 0.186. The van der Waals surface area contributed by atoms with Crippen molar-refractivity contribution in [2.75, 3.05) is 26.7 Å². The molecule has 0 atom stereocenters. The van der Waals surface area contributed by atoms with Gasteiger partial charge in [0.2, 0.25) is 5.91 Å². The second kappa shape index (κ2) is 6.98. The summed E-state index contributed by atoms with van der Waals surface area (Å²) in [5.74, 6) is 0.186. The number of hydrogen-bond acceptors (Lipinski definition) is 3. The highest BCUT2D eigenvalue weighted by Gasteiger charge is 2.25. The van der Waals surface area contributed by atoms with Gasteiger partial charge in [0.05, 0.1) is 12.7 Å². The van der Waals surface area contributed by atoms with Crippen LogP contribution in [-0.4, -0.2) is 48.4 Å². The van der Waals surface area contributed by atoms with Crippen LogP contribution in [0.2, 0.25) is 0 Å². The van der Waals surface area contributed by atoms with E-state index >= 15 is 0 Å². The number of furan rings is 1. The van der Waals surface area contributed by atoms with E-state index in [1.807, 2.05) is 11.9 Å². The number of aryl methyl sites for hydroxylation is 2.